The van der Waals surface area contributed by atoms with Gasteiger partial charge in [-0.2, -0.15) is 0 Å². The monoisotopic (exact) mass is 352 g/mol. The lowest BCUT2D eigenvalue weighted by atomic mass is 10.0. The first-order valence-corrected chi connectivity index (χ1v) is 9.80. The van der Waals surface area contributed by atoms with Crippen molar-refractivity contribution in [2.75, 3.05) is 24.6 Å². The number of anilines is 1. The van der Waals surface area contributed by atoms with Gasteiger partial charge in [0.1, 0.15) is 24.0 Å². The number of nitrogens with one attached hydrogen (secondary N) is 1. The molecule has 0 radical (unpaired) electrons. The van der Waals surface area contributed by atoms with E-state index >= 15 is 0 Å². The van der Waals surface area contributed by atoms with Crippen LogP contribution in [0.5, 0.6) is 5.75 Å². The zero-order valence-electron chi connectivity index (χ0n) is 15.7. The number of piperidine rings is 1. The Balaban J connectivity index is 1.36. The van der Waals surface area contributed by atoms with Crippen LogP contribution in [0, 0.1) is 6.92 Å². The van der Waals surface area contributed by atoms with Gasteiger partial charge in [-0.15, -0.1) is 0 Å². The molecule has 0 saturated carbocycles. The summed E-state index contributed by atoms with van der Waals surface area (Å²) in [4.78, 5) is 11.6. The fourth-order valence-electron chi connectivity index (χ4n) is 4.02. The molecule has 5 nitrogen and oxygen atoms in total. The fourth-order valence-corrected chi connectivity index (χ4v) is 4.02. The van der Waals surface area contributed by atoms with Crippen LogP contribution in [0.4, 0.5) is 5.82 Å². The minimum Gasteiger partial charge on any atom is -0.491 e. The van der Waals surface area contributed by atoms with Crippen LogP contribution in [-0.2, 0) is 6.42 Å². The summed E-state index contributed by atoms with van der Waals surface area (Å²) < 4.78 is 5.80. The summed E-state index contributed by atoms with van der Waals surface area (Å²) in [6.45, 7) is 7.00. The molecule has 5 heteroatoms. The summed E-state index contributed by atoms with van der Waals surface area (Å²) >= 11 is 0. The lowest BCUT2D eigenvalue weighted by Gasteiger charge is -2.34. The van der Waals surface area contributed by atoms with Crippen LogP contribution in [-0.4, -0.2) is 35.7 Å². The Morgan fingerprint density at radius 1 is 1.19 bits per heavy atom. The first kappa shape index (κ1) is 17.3. The molecule has 26 heavy (non-hydrogen) atoms. The molecule has 1 fully saturated rings. The van der Waals surface area contributed by atoms with E-state index in [-0.39, 0.29) is 0 Å². The van der Waals surface area contributed by atoms with E-state index in [0.29, 0.717) is 12.1 Å². The molecule has 1 aromatic carbocycles. The van der Waals surface area contributed by atoms with Gasteiger partial charge in [0.25, 0.3) is 0 Å². The fraction of sp³-hybridized carbons (Fsp3) is 0.524. The topological polar surface area (TPSA) is 50.3 Å². The van der Waals surface area contributed by atoms with E-state index in [9.17, 15) is 0 Å². The number of nitrogens with zero attached hydrogens (tertiary/aromatic N) is 3. The van der Waals surface area contributed by atoms with E-state index in [0.717, 1.165) is 68.5 Å². The highest BCUT2D eigenvalue weighted by Gasteiger charge is 2.28. The van der Waals surface area contributed by atoms with Gasteiger partial charge >= 0.3 is 0 Å². The van der Waals surface area contributed by atoms with E-state index in [4.69, 9.17) is 4.74 Å². The van der Waals surface area contributed by atoms with Crippen molar-refractivity contribution in [1.29, 1.82) is 0 Å². The molecule has 1 atom stereocenters. The first-order chi connectivity index (χ1) is 12.7. The average molecular weight is 352 g/mol. The number of para-hydroxylation sites is 1. The first-order valence-electron chi connectivity index (χ1n) is 9.80. The molecule has 0 bridgehead atoms. The molecule has 0 amide bonds. The van der Waals surface area contributed by atoms with E-state index < -0.39 is 0 Å². The molecule has 3 heterocycles. The predicted octanol–water partition coefficient (Wildman–Crippen LogP) is 3.43. The van der Waals surface area contributed by atoms with Crippen LogP contribution >= 0.6 is 0 Å². The SMILES string of the molecule is CCCc1cc(N2CCC(NC3COc4ccccc43)CC2)nc(C)n1. The van der Waals surface area contributed by atoms with Crippen LogP contribution in [0.1, 0.15) is 49.3 Å². The number of hydrogen-bond donors (Lipinski definition) is 1. The number of aryl methyl sites for hydroxylation is 2. The smallest absolute Gasteiger partial charge is 0.132 e. The Morgan fingerprint density at radius 2 is 2.00 bits per heavy atom. The van der Waals surface area contributed by atoms with Crippen molar-refractivity contribution in [2.24, 2.45) is 0 Å². The third-order valence-electron chi connectivity index (χ3n) is 5.34. The number of rotatable bonds is 5. The maximum atomic E-state index is 5.80. The van der Waals surface area contributed by atoms with Crippen molar-refractivity contribution in [1.82, 2.24) is 15.3 Å². The normalized spacial score (nSPS) is 20.1. The van der Waals surface area contributed by atoms with Gasteiger partial charge in [0, 0.05) is 36.5 Å². The minimum atomic E-state index is 0.320. The summed E-state index contributed by atoms with van der Waals surface area (Å²) in [5.41, 5.74) is 2.46. The van der Waals surface area contributed by atoms with Gasteiger partial charge in [0.05, 0.1) is 6.04 Å². The molecule has 1 N–H and O–H groups in total. The highest BCUT2D eigenvalue weighted by molar-refractivity contribution is 5.41. The Kier molecular flexibility index (Phi) is 5.07. The van der Waals surface area contributed by atoms with Crippen LogP contribution in [0.25, 0.3) is 0 Å². The number of aromatic nitrogens is 2. The van der Waals surface area contributed by atoms with Crippen molar-refractivity contribution >= 4 is 5.82 Å². The van der Waals surface area contributed by atoms with E-state index in [1.165, 1.54) is 5.56 Å². The van der Waals surface area contributed by atoms with Crippen molar-refractivity contribution < 1.29 is 4.74 Å². The molecule has 2 aromatic rings. The number of benzene rings is 1. The van der Waals surface area contributed by atoms with E-state index in [1.807, 2.05) is 13.0 Å². The molecular formula is C21H28N4O. The third kappa shape index (κ3) is 3.68. The lowest BCUT2D eigenvalue weighted by molar-refractivity contribution is 0.284. The van der Waals surface area contributed by atoms with Crippen LogP contribution < -0.4 is 15.0 Å². The Bertz CT molecular complexity index is 755. The van der Waals surface area contributed by atoms with Gasteiger partial charge in [-0.3, -0.25) is 0 Å². The van der Waals surface area contributed by atoms with E-state index in [1.54, 1.807) is 0 Å². The maximum absolute atomic E-state index is 5.80. The standard InChI is InChI=1S/C21H28N4O/c1-3-6-17-13-21(23-15(2)22-17)25-11-9-16(10-12-25)24-19-14-26-20-8-5-4-7-18(19)20/h4-5,7-8,13,16,19,24H,3,6,9-12,14H2,1-2H3. The zero-order chi connectivity index (χ0) is 17.9. The highest BCUT2D eigenvalue weighted by Crippen LogP contribution is 2.32. The third-order valence-corrected chi connectivity index (χ3v) is 5.34. The molecule has 138 valence electrons. The summed E-state index contributed by atoms with van der Waals surface area (Å²) in [5, 5.41) is 3.80. The Morgan fingerprint density at radius 3 is 2.81 bits per heavy atom. The summed E-state index contributed by atoms with van der Waals surface area (Å²) in [6, 6.07) is 11.4. The second-order valence-electron chi connectivity index (χ2n) is 7.34. The molecule has 1 saturated heterocycles. The largest absolute Gasteiger partial charge is 0.491 e. The predicted molar refractivity (Wildman–Crippen MR) is 104 cm³/mol. The van der Waals surface area contributed by atoms with Gasteiger partial charge in [-0.05, 0) is 32.3 Å². The van der Waals surface area contributed by atoms with Crippen LogP contribution in [0.2, 0.25) is 0 Å². The molecule has 4 rings (SSSR count). The molecule has 1 aromatic heterocycles. The average Bonchev–Trinajstić information content (AvgIpc) is 3.05. The summed E-state index contributed by atoms with van der Waals surface area (Å²) in [6.07, 6.45) is 4.40. The molecule has 2 aliphatic rings. The van der Waals surface area contributed by atoms with Gasteiger partial charge < -0.3 is 15.0 Å². The van der Waals surface area contributed by atoms with E-state index in [2.05, 4.69) is 51.4 Å². The van der Waals surface area contributed by atoms with Crippen molar-refractivity contribution in [2.45, 2.75) is 51.6 Å². The quantitative estimate of drug-likeness (QED) is 0.893. The zero-order valence-corrected chi connectivity index (χ0v) is 15.7. The van der Waals surface area contributed by atoms with Crippen LogP contribution in [0.3, 0.4) is 0 Å². The van der Waals surface area contributed by atoms with Crippen molar-refractivity contribution in [3.63, 3.8) is 0 Å². The second kappa shape index (κ2) is 7.62. The summed E-state index contributed by atoms with van der Waals surface area (Å²) in [5.74, 6) is 3.00. The highest BCUT2D eigenvalue weighted by atomic mass is 16.5. The summed E-state index contributed by atoms with van der Waals surface area (Å²) in [7, 11) is 0. The number of ether oxygens (including phenoxy) is 1. The number of fused-ring (bicyclic) bond motifs is 1. The molecule has 0 spiro atoms. The van der Waals surface area contributed by atoms with Crippen LogP contribution in [0.15, 0.2) is 30.3 Å². The Labute approximate surface area is 155 Å². The van der Waals surface area contributed by atoms with Gasteiger partial charge in [-0.25, -0.2) is 9.97 Å². The van der Waals surface area contributed by atoms with Gasteiger partial charge in [-0.1, -0.05) is 31.5 Å². The molecule has 2 aliphatic heterocycles. The van der Waals surface area contributed by atoms with Gasteiger partial charge in [0.15, 0.2) is 0 Å². The molecule has 1 unspecified atom stereocenters. The molecular weight excluding hydrogens is 324 g/mol. The minimum absolute atomic E-state index is 0.320. The van der Waals surface area contributed by atoms with Crippen molar-refractivity contribution in [3.8, 4) is 5.75 Å². The Hall–Kier alpha value is -2.14. The van der Waals surface area contributed by atoms with Crippen molar-refractivity contribution in [3.05, 3.63) is 47.4 Å². The maximum Gasteiger partial charge on any atom is 0.132 e. The number of hydrogen-bond acceptors (Lipinski definition) is 5. The van der Waals surface area contributed by atoms with Gasteiger partial charge in [0.2, 0.25) is 0 Å². The lowest BCUT2D eigenvalue weighted by Crippen LogP contribution is -2.44. The second-order valence-corrected chi connectivity index (χ2v) is 7.34. The molecule has 0 aliphatic carbocycles.